The fourth-order valence-electron chi connectivity index (χ4n) is 1.47. The van der Waals surface area contributed by atoms with Gasteiger partial charge in [0.15, 0.2) is 0 Å². The Morgan fingerprint density at radius 1 is 1.38 bits per heavy atom. The van der Waals surface area contributed by atoms with E-state index in [-0.39, 0.29) is 16.5 Å². The number of methoxy groups -OCH3 is 1. The van der Waals surface area contributed by atoms with Crippen LogP contribution in [-0.4, -0.2) is 18.1 Å². The summed E-state index contributed by atoms with van der Waals surface area (Å²) in [5.41, 5.74) is -0.581. The Morgan fingerprint density at radius 2 is 2.12 bits per heavy atom. The van der Waals surface area contributed by atoms with E-state index in [9.17, 15) is 14.0 Å². The van der Waals surface area contributed by atoms with Crippen molar-refractivity contribution in [3.05, 3.63) is 46.1 Å². The molecule has 5 heteroatoms. The molecule has 1 heterocycles. The fourth-order valence-corrected chi connectivity index (χ4v) is 1.47. The molecule has 1 aromatic heterocycles. The molecule has 0 unspecified atom stereocenters. The lowest BCUT2D eigenvalue weighted by molar-refractivity contribution is 0.0594. The van der Waals surface area contributed by atoms with Crippen molar-refractivity contribution in [2.45, 2.75) is 0 Å². The van der Waals surface area contributed by atoms with Gasteiger partial charge < -0.3 is 9.72 Å². The summed E-state index contributed by atoms with van der Waals surface area (Å²) in [7, 11) is 1.19. The number of rotatable bonds is 1. The highest BCUT2D eigenvalue weighted by Crippen LogP contribution is 2.14. The molecule has 0 atom stereocenters. The molecule has 0 fully saturated rings. The Morgan fingerprint density at radius 3 is 2.81 bits per heavy atom. The molecule has 2 rings (SSSR count). The lowest BCUT2D eigenvalue weighted by Crippen LogP contribution is -2.14. The number of halogens is 1. The molecule has 1 aromatic carbocycles. The van der Waals surface area contributed by atoms with Gasteiger partial charge in [0.25, 0.3) is 5.56 Å². The summed E-state index contributed by atoms with van der Waals surface area (Å²) in [5, 5.41) is 0.305. The fraction of sp³-hybridized carbons (Fsp3) is 0.0909. The Hall–Kier alpha value is -2.17. The summed E-state index contributed by atoms with van der Waals surface area (Å²) < 4.78 is 17.9. The number of ether oxygens (including phenoxy) is 1. The number of nitrogens with one attached hydrogen (secondary N) is 1. The first-order valence-corrected chi connectivity index (χ1v) is 4.53. The van der Waals surface area contributed by atoms with E-state index in [1.165, 1.54) is 31.4 Å². The van der Waals surface area contributed by atoms with Gasteiger partial charge in [-0.3, -0.25) is 4.79 Å². The van der Waals surface area contributed by atoms with Crippen molar-refractivity contribution in [1.29, 1.82) is 0 Å². The van der Waals surface area contributed by atoms with Gasteiger partial charge in [0.05, 0.1) is 7.11 Å². The Kier molecular flexibility index (Phi) is 2.44. The Bertz CT molecular complexity index is 618. The first kappa shape index (κ1) is 10.4. The molecule has 0 aliphatic carbocycles. The average molecular weight is 221 g/mol. The minimum Gasteiger partial charge on any atom is -0.464 e. The van der Waals surface area contributed by atoms with Gasteiger partial charge in [0, 0.05) is 10.8 Å². The standard InChI is InChI=1S/C11H8FNO3/c1-16-11(15)9-5-7-6(10(14)13-9)3-2-4-8(7)12/h2-5H,1H3,(H,13,14). The van der Waals surface area contributed by atoms with Crippen LogP contribution in [0.15, 0.2) is 29.1 Å². The third-order valence-corrected chi connectivity index (χ3v) is 2.24. The summed E-state index contributed by atoms with van der Waals surface area (Å²) in [6.07, 6.45) is 0. The van der Waals surface area contributed by atoms with Gasteiger partial charge in [-0.1, -0.05) is 6.07 Å². The van der Waals surface area contributed by atoms with Gasteiger partial charge in [-0.15, -0.1) is 0 Å². The molecule has 16 heavy (non-hydrogen) atoms. The largest absolute Gasteiger partial charge is 0.464 e. The molecule has 0 aliphatic heterocycles. The molecule has 1 N–H and O–H groups in total. The predicted molar refractivity (Wildman–Crippen MR) is 55.9 cm³/mol. The van der Waals surface area contributed by atoms with Crippen molar-refractivity contribution < 1.29 is 13.9 Å². The average Bonchev–Trinajstić information content (AvgIpc) is 2.29. The molecule has 0 saturated heterocycles. The number of aromatic nitrogens is 1. The second-order valence-corrected chi connectivity index (χ2v) is 3.20. The lowest BCUT2D eigenvalue weighted by atomic mass is 10.1. The molecular formula is C11H8FNO3. The molecule has 4 nitrogen and oxygen atoms in total. The van der Waals surface area contributed by atoms with E-state index < -0.39 is 17.3 Å². The maximum atomic E-state index is 13.4. The summed E-state index contributed by atoms with van der Waals surface area (Å²) >= 11 is 0. The molecule has 0 aliphatic rings. The predicted octanol–water partition coefficient (Wildman–Crippen LogP) is 1.45. The third-order valence-electron chi connectivity index (χ3n) is 2.24. The molecular weight excluding hydrogens is 213 g/mol. The summed E-state index contributed by atoms with van der Waals surface area (Å²) in [6, 6.07) is 5.41. The van der Waals surface area contributed by atoms with Gasteiger partial charge >= 0.3 is 5.97 Å². The van der Waals surface area contributed by atoms with Crippen LogP contribution in [-0.2, 0) is 4.74 Å². The van der Waals surface area contributed by atoms with Crippen LogP contribution in [0.1, 0.15) is 10.5 Å². The van der Waals surface area contributed by atoms with Crippen molar-refractivity contribution in [2.24, 2.45) is 0 Å². The summed E-state index contributed by atoms with van der Waals surface area (Å²) in [5.74, 6) is -1.25. The van der Waals surface area contributed by atoms with Crippen LogP contribution in [0.5, 0.6) is 0 Å². The molecule has 0 saturated carbocycles. The number of hydrogen-bond acceptors (Lipinski definition) is 3. The molecule has 0 amide bonds. The van der Waals surface area contributed by atoms with Crippen molar-refractivity contribution in [3.63, 3.8) is 0 Å². The van der Waals surface area contributed by atoms with Crippen LogP contribution in [0.25, 0.3) is 10.8 Å². The quantitative estimate of drug-likeness (QED) is 0.741. The zero-order chi connectivity index (χ0) is 11.7. The third kappa shape index (κ3) is 1.56. The molecule has 0 spiro atoms. The minimum absolute atomic E-state index is 0.0647. The molecule has 0 radical (unpaired) electrons. The van der Waals surface area contributed by atoms with E-state index in [2.05, 4.69) is 9.72 Å². The Labute approximate surface area is 89.7 Å². The van der Waals surface area contributed by atoms with Crippen LogP contribution in [0.3, 0.4) is 0 Å². The van der Waals surface area contributed by atoms with Crippen molar-refractivity contribution in [1.82, 2.24) is 4.98 Å². The number of carbonyl (C=O) groups excluding carboxylic acids is 1. The van der Waals surface area contributed by atoms with E-state index in [1.54, 1.807) is 0 Å². The van der Waals surface area contributed by atoms with Crippen molar-refractivity contribution in [3.8, 4) is 0 Å². The van der Waals surface area contributed by atoms with Crippen LogP contribution < -0.4 is 5.56 Å². The van der Waals surface area contributed by atoms with E-state index >= 15 is 0 Å². The number of carbonyl (C=O) groups is 1. The first-order chi connectivity index (χ1) is 7.63. The molecule has 2 aromatic rings. The molecule has 82 valence electrons. The zero-order valence-corrected chi connectivity index (χ0v) is 8.41. The van der Waals surface area contributed by atoms with E-state index in [0.29, 0.717) is 0 Å². The number of fused-ring (bicyclic) bond motifs is 1. The maximum Gasteiger partial charge on any atom is 0.354 e. The van der Waals surface area contributed by atoms with Gasteiger partial charge in [-0.05, 0) is 18.2 Å². The number of benzene rings is 1. The minimum atomic E-state index is -0.706. The van der Waals surface area contributed by atoms with Crippen LogP contribution >= 0.6 is 0 Å². The van der Waals surface area contributed by atoms with Gasteiger partial charge in [0.2, 0.25) is 0 Å². The highest BCUT2D eigenvalue weighted by molar-refractivity contribution is 5.93. The van der Waals surface area contributed by atoms with Gasteiger partial charge in [0.1, 0.15) is 11.5 Å². The second-order valence-electron chi connectivity index (χ2n) is 3.20. The number of aromatic amines is 1. The van der Waals surface area contributed by atoms with Crippen molar-refractivity contribution >= 4 is 16.7 Å². The van der Waals surface area contributed by atoms with Crippen molar-refractivity contribution in [2.75, 3.05) is 7.11 Å². The number of hydrogen-bond donors (Lipinski definition) is 1. The zero-order valence-electron chi connectivity index (χ0n) is 8.41. The SMILES string of the molecule is COC(=O)c1cc2c(F)cccc2c(=O)[nH]1. The summed E-state index contributed by atoms with van der Waals surface area (Å²) in [4.78, 5) is 25.1. The monoisotopic (exact) mass is 221 g/mol. The number of pyridine rings is 1. The first-order valence-electron chi connectivity index (χ1n) is 4.53. The van der Waals surface area contributed by atoms with Crippen LogP contribution in [0.4, 0.5) is 4.39 Å². The maximum absolute atomic E-state index is 13.4. The topological polar surface area (TPSA) is 59.2 Å². The molecule has 0 bridgehead atoms. The van der Waals surface area contributed by atoms with Gasteiger partial charge in [-0.25, -0.2) is 9.18 Å². The highest BCUT2D eigenvalue weighted by Gasteiger charge is 2.11. The lowest BCUT2D eigenvalue weighted by Gasteiger charge is -2.02. The van der Waals surface area contributed by atoms with E-state index in [4.69, 9.17) is 0 Å². The smallest absolute Gasteiger partial charge is 0.354 e. The number of H-pyrrole nitrogens is 1. The normalized spacial score (nSPS) is 10.4. The Balaban J connectivity index is 2.80. The highest BCUT2D eigenvalue weighted by atomic mass is 19.1. The van der Waals surface area contributed by atoms with Crippen LogP contribution in [0, 0.1) is 5.82 Å². The number of esters is 1. The second kappa shape index (κ2) is 3.77. The van der Waals surface area contributed by atoms with E-state index in [1.807, 2.05) is 0 Å². The van der Waals surface area contributed by atoms with Crippen LogP contribution in [0.2, 0.25) is 0 Å². The summed E-state index contributed by atoms with van der Waals surface area (Å²) in [6.45, 7) is 0. The van der Waals surface area contributed by atoms with E-state index in [0.717, 1.165) is 0 Å². The van der Waals surface area contributed by atoms with Gasteiger partial charge in [-0.2, -0.15) is 0 Å².